The van der Waals surface area contributed by atoms with Crippen molar-refractivity contribution in [2.75, 3.05) is 26.2 Å². The van der Waals surface area contributed by atoms with Crippen LogP contribution in [0.15, 0.2) is 21.2 Å². The largest absolute Gasteiger partial charge is 0.444 e. The number of furan rings is 1. The van der Waals surface area contributed by atoms with Gasteiger partial charge in [-0.2, -0.15) is 0 Å². The van der Waals surface area contributed by atoms with Crippen LogP contribution >= 0.6 is 15.9 Å². The van der Waals surface area contributed by atoms with Gasteiger partial charge in [-0.05, 0) is 67.6 Å². The van der Waals surface area contributed by atoms with E-state index >= 15 is 0 Å². The highest BCUT2D eigenvalue weighted by atomic mass is 79.9. The summed E-state index contributed by atoms with van der Waals surface area (Å²) in [7, 11) is 0. The number of piperidine rings is 1. The van der Waals surface area contributed by atoms with E-state index in [9.17, 15) is 14.4 Å². The molecule has 9 heteroatoms. The van der Waals surface area contributed by atoms with Crippen LogP contribution in [0.4, 0.5) is 4.79 Å². The van der Waals surface area contributed by atoms with E-state index in [-0.39, 0.29) is 30.5 Å². The number of nitrogens with zero attached hydrogens (tertiary/aromatic N) is 1. The molecular weight excluding hydrogens is 430 g/mol. The Hall–Kier alpha value is -2.03. The predicted octanol–water partition coefficient (Wildman–Crippen LogP) is 2.93. The van der Waals surface area contributed by atoms with Crippen molar-refractivity contribution in [3.8, 4) is 0 Å². The van der Waals surface area contributed by atoms with Gasteiger partial charge in [-0.3, -0.25) is 9.59 Å². The summed E-state index contributed by atoms with van der Waals surface area (Å²) in [6, 6.07) is 3.29. The number of hydrogen-bond acceptors (Lipinski definition) is 5. The summed E-state index contributed by atoms with van der Waals surface area (Å²) in [6.07, 6.45) is 1.38. The van der Waals surface area contributed by atoms with Gasteiger partial charge < -0.3 is 24.7 Å². The number of carbonyl (C=O) groups excluding carboxylic acids is 3. The summed E-state index contributed by atoms with van der Waals surface area (Å²) in [5.41, 5.74) is -0.557. The van der Waals surface area contributed by atoms with E-state index in [2.05, 4.69) is 26.6 Å². The standard InChI is InChI=1S/C19H28BrN3O5/c1-19(2,3)28-18(26)21-9-6-16(24)23-10-7-13(8-11-23)12-22-17(25)14-4-5-15(20)27-14/h4-5,13H,6-12H2,1-3H3,(H,21,26)(H,22,25). The minimum atomic E-state index is -0.557. The number of amides is 3. The van der Waals surface area contributed by atoms with Crippen molar-refractivity contribution >= 4 is 33.8 Å². The van der Waals surface area contributed by atoms with Gasteiger partial charge in [0.05, 0.1) is 0 Å². The lowest BCUT2D eigenvalue weighted by Crippen LogP contribution is -2.42. The Morgan fingerprint density at radius 1 is 1.21 bits per heavy atom. The normalized spacial score (nSPS) is 15.2. The fraction of sp³-hybridized carbons (Fsp3) is 0.632. The Bertz CT molecular complexity index is 690. The van der Waals surface area contributed by atoms with Crippen LogP contribution < -0.4 is 10.6 Å². The van der Waals surface area contributed by atoms with Crippen molar-refractivity contribution < 1.29 is 23.5 Å². The molecule has 2 rings (SSSR count). The molecule has 0 bridgehead atoms. The Morgan fingerprint density at radius 2 is 1.89 bits per heavy atom. The van der Waals surface area contributed by atoms with Gasteiger partial charge in [0.2, 0.25) is 5.91 Å². The molecule has 1 aliphatic heterocycles. The third kappa shape index (κ3) is 7.53. The fourth-order valence-electron chi connectivity index (χ4n) is 2.89. The molecule has 0 aliphatic carbocycles. The number of likely N-dealkylation sites (tertiary alicyclic amines) is 1. The summed E-state index contributed by atoms with van der Waals surface area (Å²) in [5.74, 6) is 0.375. The Kier molecular flexibility index (Phi) is 7.91. The lowest BCUT2D eigenvalue weighted by Gasteiger charge is -2.32. The van der Waals surface area contributed by atoms with Crippen LogP contribution in [0.3, 0.4) is 0 Å². The SMILES string of the molecule is CC(C)(C)OC(=O)NCCC(=O)N1CCC(CNC(=O)c2ccc(Br)o2)CC1. The van der Waals surface area contributed by atoms with Crippen LogP contribution in [0, 0.1) is 5.92 Å². The number of ether oxygens (including phenoxy) is 1. The Labute approximate surface area is 173 Å². The van der Waals surface area contributed by atoms with Gasteiger partial charge in [-0.15, -0.1) is 0 Å². The average molecular weight is 458 g/mol. The number of halogens is 1. The summed E-state index contributed by atoms with van der Waals surface area (Å²) in [5, 5.41) is 5.47. The van der Waals surface area contributed by atoms with E-state index in [4.69, 9.17) is 9.15 Å². The minimum absolute atomic E-state index is 0.0129. The Balaban J connectivity index is 1.62. The quantitative estimate of drug-likeness (QED) is 0.683. The highest BCUT2D eigenvalue weighted by Crippen LogP contribution is 2.18. The van der Waals surface area contributed by atoms with Gasteiger partial charge >= 0.3 is 6.09 Å². The van der Waals surface area contributed by atoms with Crippen LogP contribution in [0.25, 0.3) is 0 Å². The van der Waals surface area contributed by atoms with E-state index in [1.165, 1.54) is 0 Å². The van der Waals surface area contributed by atoms with E-state index in [0.717, 1.165) is 12.8 Å². The summed E-state index contributed by atoms with van der Waals surface area (Å²) in [4.78, 5) is 37.7. The van der Waals surface area contributed by atoms with Crippen LogP contribution in [-0.4, -0.2) is 54.6 Å². The van der Waals surface area contributed by atoms with Crippen molar-refractivity contribution in [3.63, 3.8) is 0 Å². The predicted molar refractivity (Wildman–Crippen MR) is 107 cm³/mol. The topological polar surface area (TPSA) is 101 Å². The molecule has 1 saturated heterocycles. The van der Waals surface area contributed by atoms with Crippen molar-refractivity contribution in [2.24, 2.45) is 5.92 Å². The molecule has 0 atom stereocenters. The van der Waals surface area contributed by atoms with E-state index < -0.39 is 11.7 Å². The van der Waals surface area contributed by atoms with Crippen LogP contribution in [0.2, 0.25) is 0 Å². The number of carbonyl (C=O) groups is 3. The van der Waals surface area contributed by atoms with Crippen molar-refractivity contribution in [1.29, 1.82) is 0 Å². The molecule has 2 heterocycles. The molecule has 1 aliphatic rings. The fourth-order valence-corrected chi connectivity index (χ4v) is 3.20. The number of alkyl carbamates (subject to hydrolysis) is 1. The first kappa shape index (κ1) is 22.3. The molecule has 2 N–H and O–H groups in total. The highest BCUT2D eigenvalue weighted by molar-refractivity contribution is 9.10. The maximum absolute atomic E-state index is 12.3. The van der Waals surface area contributed by atoms with E-state index in [0.29, 0.717) is 30.2 Å². The number of rotatable bonds is 6. The molecule has 28 heavy (non-hydrogen) atoms. The zero-order chi connectivity index (χ0) is 20.7. The molecule has 0 aromatic carbocycles. The molecule has 0 unspecified atom stereocenters. The number of nitrogens with one attached hydrogen (secondary N) is 2. The molecule has 8 nitrogen and oxygen atoms in total. The summed E-state index contributed by atoms with van der Waals surface area (Å²) >= 11 is 3.17. The maximum atomic E-state index is 12.3. The molecule has 0 spiro atoms. The third-order valence-electron chi connectivity index (χ3n) is 4.32. The molecular formula is C19H28BrN3O5. The monoisotopic (exact) mass is 457 g/mol. The second-order valence-corrected chi connectivity index (χ2v) is 8.60. The number of hydrogen-bond donors (Lipinski definition) is 2. The lowest BCUT2D eigenvalue weighted by atomic mass is 9.96. The Morgan fingerprint density at radius 3 is 2.46 bits per heavy atom. The van der Waals surface area contributed by atoms with Crippen LogP contribution in [0.5, 0.6) is 0 Å². The summed E-state index contributed by atoms with van der Waals surface area (Å²) in [6.45, 7) is 7.48. The smallest absolute Gasteiger partial charge is 0.407 e. The van der Waals surface area contributed by atoms with Crippen LogP contribution in [0.1, 0.15) is 50.6 Å². The second kappa shape index (κ2) is 9.95. The zero-order valence-corrected chi connectivity index (χ0v) is 18.1. The molecule has 1 fully saturated rings. The first-order valence-electron chi connectivity index (χ1n) is 9.42. The molecule has 3 amide bonds. The van der Waals surface area contributed by atoms with E-state index in [1.807, 2.05) is 0 Å². The van der Waals surface area contributed by atoms with Gasteiger partial charge in [0.25, 0.3) is 5.91 Å². The van der Waals surface area contributed by atoms with Gasteiger partial charge in [0.15, 0.2) is 10.4 Å². The summed E-state index contributed by atoms with van der Waals surface area (Å²) < 4.78 is 10.9. The second-order valence-electron chi connectivity index (χ2n) is 7.82. The average Bonchev–Trinajstić information content (AvgIpc) is 3.05. The third-order valence-corrected chi connectivity index (χ3v) is 4.75. The van der Waals surface area contributed by atoms with Crippen molar-refractivity contribution in [3.05, 3.63) is 22.6 Å². The molecule has 1 aromatic heterocycles. The minimum Gasteiger partial charge on any atom is -0.444 e. The van der Waals surface area contributed by atoms with E-state index in [1.54, 1.807) is 37.8 Å². The van der Waals surface area contributed by atoms with Crippen molar-refractivity contribution in [1.82, 2.24) is 15.5 Å². The molecule has 1 aromatic rings. The maximum Gasteiger partial charge on any atom is 0.407 e. The van der Waals surface area contributed by atoms with Gasteiger partial charge in [-0.25, -0.2) is 4.79 Å². The van der Waals surface area contributed by atoms with Gasteiger partial charge in [0, 0.05) is 32.6 Å². The lowest BCUT2D eigenvalue weighted by molar-refractivity contribution is -0.132. The van der Waals surface area contributed by atoms with Crippen molar-refractivity contribution in [2.45, 2.75) is 45.6 Å². The molecule has 156 valence electrons. The molecule has 0 saturated carbocycles. The first-order valence-corrected chi connectivity index (χ1v) is 10.2. The van der Waals surface area contributed by atoms with Gasteiger partial charge in [0.1, 0.15) is 5.60 Å². The zero-order valence-electron chi connectivity index (χ0n) is 16.5. The highest BCUT2D eigenvalue weighted by Gasteiger charge is 2.24. The molecule has 0 radical (unpaired) electrons. The van der Waals surface area contributed by atoms with Gasteiger partial charge in [-0.1, -0.05) is 0 Å². The first-order chi connectivity index (χ1) is 13.1. The van der Waals surface area contributed by atoms with Crippen LogP contribution in [-0.2, 0) is 9.53 Å².